The molecule has 1 aliphatic carbocycles. The number of benzene rings is 2. The van der Waals surface area contributed by atoms with E-state index in [0.29, 0.717) is 24.9 Å². The van der Waals surface area contributed by atoms with Crippen LogP contribution in [0.4, 0.5) is 8.78 Å². The van der Waals surface area contributed by atoms with Crippen LogP contribution in [0.15, 0.2) is 36.4 Å². The molecule has 0 radical (unpaired) electrons. The van der Waals surface area contributed by atoms with Crippen LogP contribution in [0.5, 0.6) is 17.2 Å². The molecule has 4 nitrogen and oxygen atoms in total. The van der Waals surface area contributed by atoms with Crippen LogP contribution in [0.2, 0.25) is 0 Å². The molecule has 0 aromatic heterocycles. The molecular weight excluding hydrogens is 426 g/mol. The highest BCUT2D eigenvalue weighted by Crippen LogP contribution is 2.27. The number of unbranched alkanes of at least 4 members (excludes halogenated alkanes) is 4. The summed E-state index contributed by atoms with van der Waals surface area (Å²) in [6.45, 7) is 3.11. The van der Waals surface area contributed by atoms with E-state index in [0.717, 1.165) is 32.1 Å². The van der Waals surface area contributed by atoms with E-state index in [4.69, 9.17) is 14.2 Å². The molecule has 0 saturated heterocycles. The summed E-state index contributed by atoms with van der Waals surface area (Å²) in [7, 11) is 0. The maximum Gasteiger partial charge on any atom is 0.346 e. The van der Waals surface area contributed by atoms with Crippen LogP contribution >= 0.6 is 0 Å². The maximum absolute atomic E-state index is 14.5. The first-order valence-corrected chi connectivity index (χ1v) is 12.1. The highest BCUT2D eigenvalue weighted by molar-refractivity contribution is 5.91. The number of carbonyl (C=O) groups excluding carboxylic acids is 1. The summed E-state index contributed by atoms with van der Waals surface area (Å²) in [5, 5.41) is 0. The first kappa shape index (κ1) is 25.0. The zero-order valence-corrected chi connectivity index (χ0v) is 19.4. The summed E-state index contributed by atoms with van der Waals surface area (Å²) >= 11 is 0. The first-order chi connectivity index (χ1) is 16.1. The van der Waals surface area contributed by atoms with E-state index in [9.17, 15) is 13.6 Å². The highest BCUT2D eigenvalue weighted by Gasteiger charge is 2.21. The number of hydrogen-bond acceptors (Lipinski definition) is 4. The third kappa shape index (κ3) is 7.72. The fourth-order valence-electron chi connectivity index (χ4n) is 4.02. The van der Waals surface area contributed by atoms with E-state index in [1.807, 2.05) is 0 Å². The van der Waals surface area contributed by atoms with Gasteiger partial charge in [-0.3, -0.25) is 0 Å². The van der Waals surface area contributed by atoms with E-state index in [-0.39, 0.29) is 11.5 Å². The van der Waals surface area contributed by atoms with Crippen molar-refractivity contribution in [3.8, 4) is 17.2 Å². The fraction of sp³-hybridized carbons (Fsp3) is 0.519. The summed E-state index contributed by atoms with van der Waals surface area (Å²) in [5.41, 5.74) is -0.472. The van der Waals surface area contributed by atoms with Crippen LogP contribution in [-0.4, -0.2) is 19.2 Å². The third-order valence-electron chi connectivity index (χ3n) is 6.02. The van der Waals surface area contributed by atoms with Crippen LogP contribution < -0.4 is 14.2 Å². The van der Waals surface area contributed by atoms with Gasteiger partial charge in [0, 0.05) is 0 Å². The molecule has 6 heteroatoms. The Morgan fingerprint density at radius 1 is 0.848 bits per heavy atom. The monoisotopic (exact) mass is 460 g/mol. The lowest BCUT2D eigenvalue weighted by Gasteiger charge is -2.21. The Balaban J connectivity index is 1.50. The number of ether oxygens (including phenoxy) is 3. The Hall–Kier alpha value is -2.63. The molecule has 0 amide bonds. The van der Waals surface area contributed by atoms with Crippen molar-refractivity contribution in [3.63, 3.8) is 0 Å². The van der Waals surface area contributed by atoms with Crippen LogP contribution in [-0.2, 0) is 0 Å². The highest BCUT2D eigenvalue weighted by atomic mass is 19.2. The van der Waals surface area contributed by atoms with Gasteiger partial charge in [0.2, 0.25) is 5.82 Å². The first-order valence-electron chi connectivity index (χ1n) is 12.1. The summed E-state index contributed by atoms with van der Waals surface area (Å²) in [6, 6.07) is 9.04. The minimum absolute atomic E-state index is 0.195. The molecule has 3 rings (SSSR count). The van der Waals surface area contributed by atoms with E-state index >= 15 is 0 Å². The summed E-state index contributed by atoms with van der Waals surface area (Å²) < 4.78 is 45.2. The van der Waals surface area contributed by atoms with Crippen molar-refractivity contribution in [1.82, 2.24) is 0 Å². The van der Waals surface area contributed by atoms with Gasteiger partial charge < -0.3 is 14.2 Å². The molecule has 2 aromatic carbocycles. The summed E-state index contributed by atoms with van der Waals surface area (Å²) in [5.74, 6) is -2.10. The van der Waals surface area contributed by atoms with E-state index in [1.54, 1.807) is 24.3 Å². The lowest BCUT2D eigenvalue weighted by atomic mass is 9.90. The number of rotatable bonds is 12. The Morgan fingerprint density at radius 2 is 1.55 bits per heavy atom. The van der Waals surface area contributed by atoms with Gasteiger partial charge in [-0.15, -0.1) is 0 Å². The third-order valence-corrected chi connectivity index (χ3v) is 6.02. The normalized spacial score (nSPS) is 14.2. The molecule has 180 valence electrons. The minimum atomic E-state index is -1.27. The smallest absolute Gasteiger partial charge is 0.346 e. The van der Waals surface area contributed by atoms with Crippen molar-refractivity contribution in [1.29, 1.82) is 0 Å². The SMILES string of the molecule is CCCCCCCOc1ccc(C(=O)Oc2ccc(OCC3CCCCC3)cc2)c(F)c1F. The summed E-state index contributed by atoms with van der Waals surface area (Å²) in [4.78, 5) is 12.4. The minimum Gasteiger partial charge on any atom is -0.493 e. The van der Waals surface area contributed by atoms with Crippen molar-refractivity contribution in [3.05, 3.63) is 53.6 Å². The van der Waals surface area contributed by atoms with Gasteiger partial charge in [0.25, 0.3) is 0 Å². The van der Waals surface area contributed by atoms with Gasteiger partial charge >= 0.3 is 5.97 Å². The van der Waals surface area contributed by atoms with Gasteiger partial charge in [-0.1, -0.05) is 51.9 Å². The summed E-state index contributed by atoms with van der Waals surface area (Å²) in [6.07, 6.45) is 11.3. The molecular formula is C27H34F2O4. The van der Waals surface area contributed by atoms with Gasteiger partial charge in [0.05, 0.1) is 18.8 Å². The van der Waals surface area contributed by atoms with E-state index in [2.05, 4.69) is 6.92 Å². The van der Waals surface area contributed by atoms with Gasteiger partial charge in [0.1, 0.15) is 11.5 Å². The topological polar surface area (TPSA) is 44.8 Å². The Labute approximate surface area is 195 Å². The molecule has 0 aliphatic heterocycles. The Bertz CT molecular complexity index is 876. The quantitative estimate of drug-likeness (QED) is 0.187. The number of hydrogen-bond donors (Lipinski definition) is 0. The van der Waals surface area contributed by atoms with Crippen molar-refractivity contribution in [2.45, 2.75) is 71.1 Å². The zero-order valence-electron chi connectivity index (χ0n) is 19.4. The fourth-order valence-corrected chi connectivity index (χ4v) is 4.02. The van der Waals surface area contributed by atoms with Gasteiger partial charge in [-0.2, -0.15) is 4.39 Å². The van der Waals surface area contributed by atoms with Crippen molar-refractivity contribution >= 4 is 5.97 Å². The second-order valence-corrected chi connectivity index (χ2v) is 8.68. The molecule has 33 heavy (non-hydrogen) atoms. The second kappa shape index (κ2) is 13.2. The Kier molecular flexibility index (Phi) is 9.98. The Morgan fingerprint density at radius 3 is 2.27 bits per heavy atom. The van der Waals surface area contributed by atoms with Gasteiger partial charge in [-0.25, -0.2) is 9.18 Å². The number of esters is 1. The van der Waals surface area contributed by atoms with Gasteiger partial charge in [0.15, 0.2) is 11.6 Å². The average molecular weight is 461 g/mol. The van der Waals surface area contributed by atoms with Crippen LogP contribution in [0.1, 0.15) is 81.5 Å². The van der Waals surface area contributed by atoms with Crippen molar-refractivity contribution < 1.29 is 27.8 Å². The number of carbonyl (C=O) groups is 1. The standard InChI is InChI=1S/C27H34F2O4/c1-2-3-4-5-9-18-31-24-17-16-23(25(28)26(24)29)27(30)33-22-14-12-21(13-15-22)32-19-20-10-7-6-8-11-20/h12-17,20H,2-11,18-19H2,1H3. The van der Waals surface area contributed by atoms with Crippen molar-refractivity contribution in [2.24, 2.45) is 5.92 Å². The van der Waals surface area contributed by atoms with Gasteiger partial charge in [-0.05, 0) is 61.6 Å². The molecule has 0 unspecified atom stereocenters. The molecule has 1 saturated carbocycles. The molecule has 0 N–H and O–H groups in total. The molecule has 0 atom stereocenters. The van der Waals surface area contributed by atoms with Crippen LogP contribution in [0.25, 0.3) is 0 Å². The molecule has 1 fully saturated rings. The average Bonchev–Trinajstić information content (AvgIpc) is 2.84. The largest absolute Gasteiger partial charge is 0.493 e. The molecule has 2 aromatic rings. The van der Waals surface area contributed by atoms with Crippen molar-refractivity contribution in [2.75, 3.05) is 13.2 Å². The van der Waals surface area contributed by atoms with E-state index in [1.165, 1.54) is 44.2 Å². The van der Waals surface area contributed by atoms with Crippen LogP contribution in [0.3, 0.4) is 0 Å². The predicted octanol–water partition coefficient (Wildman–Crippen LogP) is 7.49. The predicted molar refractivity (Wildman–Crippen MR) is 124 cm³/mol. The molecule has 1 aliphatic rings. The lowest BCUT2D eigenvalue weighted by molar-refractivity contribution is 0.0728. The molecule has 0 heterocycles. The number of halogens is 2. The second-order valence-electron chi connectivity index (χ2n) is 8.68. The zero-order chi connectivity index (χ0) is 23.5. The molecule has 0 spiro atoms. The maximum atomic E-state index is 14.5. The van der Waals surface area contributed by atoms with Crippen LogP contribution in [0, 0.1) is 17.6 Å². The van der Waals surface area contributed by atoms with E-state index < -0.39 is 23.2 Å². The lowest BCUT2D eigenvalue weighted by Crippen LogP contribution is -2.15. The molecule has 0 bridgehead atoms.